The Morgan fingerprint density at radius 1 is 1.03 bits per heavy atom. The molecule has 0 aromatic heterocycles. The van der Waals surface area contributed by atoms with Crippen LogP contribution in [0.5, 0.6) is 5.75 Å². The zero-order chi connectivity index (χ0) is 22.1. The molecule has 7 nitrogen and oxygen atoms in total. The summed E-state index contributed by atoms with van der Waals surface area (Å²) in [7, 11) is 1.84. The van der Waals surface area contributed by atoms with Crippen LogP contribution in [0.2, 0.25) is 0 Å². The van der Waals surface area contributed by atoms with Crippen molar-refractivity contribution in [2.24, 2.45) is 4.99 Å². The van der Waals surface area contributed by atoms with Gasteiger partial charge in [0.05, 0.1) is 12.6 Å². The average Bonchev–Trinajstić information content (AvgIpc) is 3.34. The van der Waals surface area contributed by atoms with Crippen molar-refractivity contribution >= 4 is 35.8 Å². The first-order chi connectivity index (χ1) is 15.1. The molecule has 2 heterocycles. The molecule has 1 aromatic carbocycles. The highest BCUT2D eigenvalue weighted by atomic mass is 127. The molecule has 8 heteroatoms. The van der Waals surface area contributed by atoms with Crippen LogP contribution in [0.4, 0.5) is 0 Å². The molecule has 0 spiro atoms. The second-order valence-electron chi connectivity index (χ2n) is 8.57. The maximum Gasteiger partial charge on any atom is 0.239 e. The zero-order valence-corrected chi connectivity index (χ0v) is 22.2. The molecule has 2 fully saturated rings. The van der Waals surface area contributed by atoms with Gasteiger partial charge in [0.1, 0.15) is 5.75 Å². The lowest BCUT2D eigenvalue weighted by atomic mass is 10.2. The van der Waals surface area contributed by atoms with Gasteiger partial charge in [0, 0.05) is 52.9 Å². The Morgan fingerprint density at radius 2 is 1.69 bits per heavy atom. The van der Waals surface area contributed by atoms with E-state index in [1.54, 1.807) is 0 Å². The molecule has 1 atom stereocenters. The van der Waals surface area contributed by atoms with Crippen molar-refractivity contribution in [2.75, 3.05) is 59.5 Å². The molecule has 1 aromatic rings. The summed E-state index contributed by atoms with van der Waals surface area (Å²) in [5, 5.41) is 3.48. The number of piperazine rings is 1. The van der Waals surface area contributed by atoms with E-state index < -0.39 is 0 Å². The number of likely N-dealkylation sites (tertiary alicyclic amines) is 1. The molecule has 0 saturated carbocycles. The van der Waals surface area contributed by atoms with Gasteiger partial charge in [-0.05, 0) is 51.7 Å². The summed E-state index contributed by atoms with van der Waals surface area (Å²) in [6.45, 7) is 11.2. The molecule has 1 unspecified atom stereocenters. The number of hydrogen-bond acceptors (Lipinski definition) is 4. The maximum absolute atomic E-state index is 12.7. The smallest absolute Gasteiger partial charge is 0.239 e. The fourth-order valence-electron chi connectivity index (χ4n) is 4.26. The number of halogens is 1. The topological polar surface area (TPSA) is 60.4 Å². The molecule has 3 rings (SSSR count). The van der Waals surface area contributed by atoms with Crippen LogP contribution in [0, 0.1) is 6.92 Å². The number of rotatable bonds is 8. The summed E-state index contributed by atoms with van der Waals surface area (Å²) in [4.78, 5) is 23.8. The van der Waals surface area contributed by atoms with Crippen molar-refractivity contribution < 1.29 is 9.53 Å². The first-order valence-electron chi connectivity index (χ1n) is 11.8. The normalized spacial score (nSPS) is 18.3. The summed E-state index contributed by atoms with van der Waals surface area (Å²) in [5.41, 5.74) is 1.25. The molecule has 1 amide bonds. The SMILES string of the molecule is CN=C(NCCCCOc1ccc(C)cc1)N1CCN(C(C)C(=O)N2CCCC2)CC1.I. The van der Waals surface area contributed by atoms with Crippen LogP contribution >= 0.6 is 24.0 Å². The Kier molecular flexibility index (Phi) is 11.6. The molecule has 2 saturated heterocycles. The van der Waals surface area contributed by atoms with E-state index >= 15 is 0 Å². The van der Waals surface area contributed by atoms with E-state index in [0.717, 1.165) is 89.8 Å². The number of guanidine groups is 1. The van der Waals surface area contributed by atoms with Gasteiger partial charge < -0.3 is 19.9 Å². The molecule has 2 aliphatic rings. The highest BCUT2D eigenvalue weighted by Gasteiger charge is 2.30. The third kappa shape index (κ3) is 7.79. The quantitative estimate of drug-likeness (QED) is 0.231. The predicted octanol–water partition coefficient (Wildman–Crippen LogP) is 2.98. The van der Waals surface area contributed by atoms with Gasteiger partial charge in [-0.25, -0.2) is 0 Å². The number of unbranched alkanes of at least 4 members (excludes halogenated alkanes) is 1. The molecule has 32 heavy (non-hydrogen) atoms. The second kappa shape index (κ2) is 13.9. The van der Waals surface area contributed by atoms with Crippen LogP contribution < -0.4 is 10.1 Å². The summed E-state index contributed by atoms with van der Waals surface area (Å²) in [6.07, 6.45) is 4.33. The van der Waals surface area contributed by atoms with Crippen LogP contribution in [-0.4, -0.2) is 92.1 Å². The zero-order valence-electron chi connectivity index (χ0n) is 19.9. The number of nitrogens with one attached hydrogen (secondary N) is 1. The molecular weight excluding hydrogens is 517 g/mol. The van der Waals surface area contributed by atoms with E-state index in [1.807, 2.05) is 24.1 Å². The van der Waals surface area contributed by atoms with Crippen molar-refractivity contribution in [3.8, 4) is 5.75 Å². The lowest BCUT2D eigenvalue weighted by Crippen LogP contribution is -2.57. The maximum atomic E-state index is 12.7. The van der Waals surface area contributed by atoms with Gasteiger partial charge in [0.2, 0.25) is 5.91 Å². The predicted molar refractivity (Wildman–Crippen MR) is 141 cm³/mol. The molecule has 0 bridgehead atoms. The first kappa shape index (κ1) is 26.7. The molecule has 0 aliphatic carbocycles. The highest BCUT2D eigenvalue weighted by molar-refractivity contribution is 14.0. The third-order valence-electron chi connectivity index (χ3n) is 6.29. The van der Waals surface area contributed by atoms with E-state index in [2.05, 4.69) is 46.1 Å². The number of nitrogens with zero attached hydrogens (tertiary/aromatic N) is 4. The Hall–Kier alpha value is -1.55. The van der Waals surface area contributed by atoms with Crippen LogP contribution in [0.1, 0.15) is 38.2 Å². The summed E-state index contributed by atoms with van der Waals surface area (Å²) in [5.74, 6) is 2.18. The molecule has 180 valence electrons. The molecule has 0 radical (unpaired) electrons. The van der Waals surface area contributed by atoms with E-state index in [9.17, 15) is 4.79 Å². The van der Waals surface area contributed by atoms with Crippen molar-refractivity contribution in [3.05, 3.63) is 29.8 Å². The molecular formula is C24H40IN5O2. The average molecular weight is 558 g/mol. The molecule has 2 aliphatic heterocycles. The Bertz CT molecular complexity index is 714. The van der Waals surface area contributed by atoms with E-state index in [0.29, 0.717) is 5.91 Å². The van der Waals surface area contributed by atoms with E-state index in [4.69, 9.17) is 4.74 Å². The lowest BCUT2D eigenvalue weighted by molar-refractivity contribution is -0.135. The number of ether oxygens (including phenoxy) is 1. The number of hydrogen-bond donors (Lipinski definition) is 1. The van der Waals surface area contributed by atoms with Crippen LogP contribution in [0.3, 0.4) is 0 Å². The lowest BCUT2D eigenvalue weighted by Gasteiger charge is -2.39. The number of amides is 1. The van der Waals surface area contributed by atoms with Crippen molar-refractivity contribution in [1.82, 2.24) is 20.0 Å². The second-order valence-corrected chi connectivity index (χ2v) is 8.57. The van der Waals surface area contributed by atoms with E-state index in [-0.39, 0.29) is 30.0 Å². The van der Waals surface area contributed by atoms with Crippen molar-refractivity contribution in [1.29, 1.82) is 0 Å². The minimum absolute atomic E-state index is 0. The minimum atomic E-state index is -0.0243. The van der Waals surface area contributed by atoms with Crippen LogP contribution in [-0.2, 0) is 4.79 Å². The van der Waals surface area contributed by atoms with E-state index in [1.165, 1.54) is 5.56 Å². The number of aryl methyl sites for hydroxylation is 1. The van der Waals surface area contributed by atoms with Crippen LogP contribution in [0.25, 0.3) is 0 Å². The first-order valence-corrected chi connectivity index (χ1v) is 11.8. The Labute approximate surface area is 210 Å². The van der Waals surface area contributed by atoms with Gasteiger partial charge in [-0.15, -0.1) is 24.0 Å². The Morgan fingerprint density at radius 3 is 2.31 bits per heavy atom. The fraction of sp³-hybridized carbons (Fsp3) is 0.667. The summed E-state index contributed by atoms with van der Waals surface area (Å²) < 4.78 is 5.80. The van der Waals surface area contributed by atoms with Crippen molar-refractivity contribution in [2.45, 2.75) is 45.6 Å². The summed E-state index contributed by atoms with van der Waals surface area (Å²) in [6, 6.07) is 8.17. The largest absolute Gasteiger partial charge is 0.494 e. The van der Waals surface area contributed by atoms with Gasteiger partial charge in [0.15, 0.2) is 5.96 Å². The number of aliphatic imine (C=N–C) groups is 1. The fourth-order valence-corrected chi connectivity index (χ4v) is 4.26. The molecule has 1 N–H and O–H groups in total. The third-order valence-corrected chi connectivity index (χ3v) is 6.29. The highest BCUT2D eigenvalue weighted by Crippen LogP contribution is 2.14. The Balaban J connectivity index is 0.00000363. The van der Waals surface area contributed by atoms with Gasteiger partial charge in [-0.1, -0.05) is 17.7 Å². The summed E-state index contributed by atoms with van der Waals surface area (Å²) >= 11 is 0. The van der Waals surface area contributed by atoms with Gasteiger partial charge in [0.25, 0.3) is 0 Å². The standard InChI is InChI=1S/C24H39N5O2.HI/c1-20-8-10-22(11-9-20)31-19-7-4-12-26-24(25-3)29-17-15-27(16-18-29)21(2)23(30)28-13-5-6-14-28;/h8-11,21H,4-7,12-19H2,1-3H3,(H,25,26);1H. The van der Waals surface area contributed by atoms with Gasteiger partial charge in [-0.2, -0.15) is 0 Å². The number of carbonyl (C=O) groups is 1. The number of benzene rings is 1. The monoisotopic (exact) mass is 557 g/mol. The minimum Gasteiger partial charge on any atom is -0.494 e. The van der Waals surface area contributed by atoms with Crippen molar-refractivity contribution in [3.63, 3.8) is 0 Å². The van der Waals surface area contributed by atoms with Crippen LogP contribution in [0.15, 0.2) is 29.3 Å². The number of carbonyl (C=O) groups excluding carboxylic acids is 1. The van der Waals surface area contributed by atoms with Gasteiger partial charge >= 0.3 is 0 Å². The van der Waals surface area contributed by atoms with Gasteiger partial charge in [-0.3, -0.25) is 14.7 Å².